The molecule has 0 heterocycles. The summed E-state index contributed by atoms with van der Waals surface area (Å²) in [6.45, 7) is 0. The van der Waals surface area contributed by atoms with Gasteiger partial charge in [-0.2, -0.15) is 0 Å². The minimum absolute atomic E-state index is 0.351. The van der Waals surface area contributed by atoms with E-state index in [9.17, 15) is 4.79 Å². The Kier molecular flexibility index (Phi) is 7.03. The third kappa shape index (κ3) is 4.75. The Morgan fingerprint density at radius 2 is 1.62 bits per heavy atom. The van der Waals surface area contributed by atoms with Crippen molar-refractivity contribution in [2.75, 3.05) is 26.6 Å². The highest BCUT2D eigenvalue weighted by atomic mass is 35.5. The zero-order valence-electron chi connectivity index (χ0n) is 14.2. The quantitative estimate of drug-likeness (QED) is 0.647. The molecule has 1 N–H and O–H groups in total. The molecule has 0 aromatic heterocycles. The molecule has 0 unspecified atom stereocenters. The fourth-order valence-electron chi connectivity index (χ4n) is 2.22. The Labute approximate surface area is 166 Å². The smallest absolute Gasteiger partial charge is 0.248 e. The molecule has 0 radical (unpaired) electrons. The van der Waals surface area contributed by atoms with Crippen LogP contribution in [-0.4, -0.2) is 27.2 Å². The molecule has 0 atom stereocenters. The van der Waals surface area contributed by atoms with E-state index in [2.05, 4.69) is 5.32 Å². The summed E-state index contributed by atoms with van der Waals surface area (Å²) in [5.74, 6) is 0.840. The standard InChI is InChI=1S/C18H16Cl3NO4/c1-24-15-9-14(16(25-2)8-12(15)20)22-17(23)5-4-10-6-11(19)7-13(21)18(10)26-3/h4-9H,1-3H3,(H,22,23)/b5-4+. The van der Waals surface area contributed by atoms with Crippen LogP contribution in [0.2, 0.25) is 15.1 Å². The van der Waals surface area contributed by atoms with Crippen LogP contribution in [0.1, 0.15) is 5.56 Å². The van der Waals surface area contributed by atoms with Gasteiger partial charge in [0.15, 0.2) is 0 Å². The van der Waals surface area contributed by atoms with Crippen molar-refractivity contribution in [3.8, 4) is 17.2 Å². The van der Waals surface area contributed by atoms with Gasteiger partial charge >= 0.3 is 0 Å². The van der Waals surface area contributed by atoms with Crippen LogP contribution in [-0.2, 0) is 4.79 Å². The van der Waals surface area contributed by atoms with E-state index < -0.39 is 5.91 Å². The minimum Gasteiger partial charge on any atom is -0.495 e. The van der Waals surface area contributed by atoms with E-state index in [-0.39, 0.29) is 0 Å². The fraction of sp³-hybridized carbons (Fsp3) is 0.167. The molecule has 2 rings (SSSR count). The van der Waals surface area contributed by atoms with Crippen LogP contribution in [0.5, 0.6) is 17.2 Å². The lowest BCUT2D eigenvalue weighted by molar-refractivity contribution is -0.111. The van der Waals surface area contributed by atoms with Gasteiger partial charge in [0.25, 0.3) is 0 Å². The van der Waals surface area contributed by atoms with E-state index in [4.69, 9.17) is 49.0 Å². The fourth-order valence-corrected chi connectivity index (χ4v) is 3.03. The predicted molar refractivity (Wildman–Crippen MR) is 105 cm³/mol. The maximum absolute atomic E-state index is 12.3. The number of hydrogen-bond donors (Lipinski definition) is 1. The van der Waals surface area contributed by atoms with E-state index in [0.717, 1.165) is 0 Å². The van der Waals surface area contributed by atoms with Gasteiger partial charge in [0.1, 0.15) is 17.2 Å². The number of carbonyl (C=O) groups excluding carboxylic acids is 1. The van der Waals surface area contributed by atoms with Crippen molar-refractivity contribution in [1.29, 1.82) is 0 Å². The second-order valence-corrected chi connectivity index (χ2v) is 6.27. The first kappa shape index (κ1) is 20.2. The Hall–Kier alpha value is -2.08. The molecular formula is C18H16Cl3NO4. The number of halogens is 3. The van der Waals surface area contributed by atoms with Crippen molar-refractivity contribution in [3.63, 3.8) is 0 Å². The van der Waals surface area contributed by atoms with Gasteiger partial charge in [0.05, 0.1) is 37.1 Å². The largest absolute Gasteiger partial charge is 0.495 e. The van der Waals surface area contributed by atoms with E-state index in [1.54, 1.807) is 30.3 Å². The number of anilines is 1. The molecule has 0 aliphatic heterocycles. The second-order valence-electron chi connectivity index (χ2n) is 5.02. The molecule has 0 spiro atoms. The number of benzene rings is 2. The summed E-state index contributed by atoms with van der Waals surface area (Å²) in [4.78, 5) is 12.3. The number of nitrogens with one attached hydrogen (secondary N) is 1. The maximum Gasteiger partial charge on any atom is 0.248 e. The Morgan fingerprint density at radius 1 is 0.923 bits per heavy atom. The molecule has 26 heavy (non-hydrogen) atoms. The van der Waals surface area contributed by atoms with Crippen molar-refractivity contribution in [2.45, 2.75) is 0 Å². The maximum atomic E-state index is 12.3. The van der Waals surface area contributed by atoms with Gasteiger partial charge in [-0.05, 0) is 18.2 Å². The highest BCUT2D eigenvalue weighted by molar-refractivity contribution is 6.36. The van der Waals surface area contributed by atoms with Gasteiger partial charge in [-0.1, -0.05) is 34.8 Å². The highest BCUT2D eigenvalue weighted by Gasteiger charge is 2.12. The summed E-state index contributed by atoms with van der Waals surface area (Å²) in [5.41, 5.74) is 0.986. The van der Waals surface area contributed by atoms with Gasteiger partial charge in [-0.3, -0.25) is 4.79 Å². The monoisotopic (exact) mass is 415 g/mol. The van der Waals surface area contributed by atoms with Crippen molar-refractivity contribution in [2.24, 2.45) is 0 Å². The number of ether oxygens (including phenoxy) is 3. The summed E-state index contributed by atoms with van der Waals surface area (Å²) in [5, 5.41) is 3.86. The number of carbonyl (C=O) groups is 1. The Balaban J connectivity index is 2.26. The van der Waals surface area contributed by atoms with Crippen LogP contribution in [0.15, 0.2) is 30.3 Å². The summed E-state index contributed by atoms with van der Waals surface area (Å²) < 4.78 is 15.6. The molecule has 138 valence electrons. The van der Waals surface area contributed by atoms with Crippen molar-refractivity contribution in [1.82, 2.24) is 0 Å². The Morgan fingerprint density at radius 3 is 2.23 bits per heavy atom. The van der Waals surface area contributed by atoms with Crippen molar-refractivity contribution in [3.05, 3.63) is 51.0 Å². The molecule has 0 fully saturated rings. The average molecular weight is 417 g/mol. The molecule has 2 aromatic rings. The normalized spacial score (nSPS) is 10.7. The van der Waals surface area contributed by atoms with Crippen LogP contribution in [0, 0.1) is 0 Å². The Bertz CT molecular complexity index is 853. The molecule has 0 aliphatic carbocycles. The lowest BCUT2D eigenvalue weighted by atomic mass is 10.2. The molecule has 0 bridgehead atoms. The zero-order chi connectivity index (χ0) is 19.3. The van der Waals surface area contributed by atoms with Gasteiger partial charge in [-0.25, -0.2) is 0 Å². The summed E-state index contributed by atoms with van der Waals surface area (Å²) in [6, 6.07) is 6.33. The molecule has 0 aliphatic rings. The second kappa shape index (κ2) is 9.03. The first-order valence-electron chi connectivity index (χ1n) is 7.33. The summed E-state index contributed by atoms with van der Waals surface area (Å²) >= 11 is 18.1. The van der Waals surface area contributed by atoms with Crippen molar-refractivity contribution >= 4 is 52.5 Å². The number of amides is 1. The molecule has 2 aromatic carbocycles. The molecule has 0 saturated heterocycles. The van der Waals surface area contributed by atoms with Crippen LogP contribution < -0.4 is 19.5 Å². The van der Waals surface area contributed by atoms with Crippen LogP contribution in [0.4, 0.5) is 5.69 Å². The minimum atomic E-state index is -0.397. The lowest BCUT2D eigenvalue weighted by Gasteiger charge is -2.12. The summed E-state index contributed by atoms with van der Waals surface area (Å²) in [6.07, 6.45) is 2.87. The molecule has 5 nitrogen and oxygen atoms in total. The van der Waals surface area contributed by atoms with E-state index >= 15 is 0 Å². The molecular weight excluding hydrogens is 401 g/mol. The van der Waals surface area contributed by atoms with Gasteiger partial charge < -0.3 is 19.5 Å². The first-order chi connectivity index (χ1) is 12.4. The molecule has 8 heteroatoms. The highest BCUT2D eigenvalue weighted by Crippen LogP contribution is 2.36. The third-order valence-electron chi connectivity index (χ3n) is 3.39. The third-order valence-corrected chi connectivity index (χ3v) is 4.18. The van der Waals surface area contributed by atoms with Crippen LogP contribution in [0.3, 0.4) is 0 Å². The van der Waals surface area contributed by atoms with E-state index in [0.29, 0.717) is 43.6 Å². The van der Waals surface area contributed by atoms with Crippen LogP contribution in [0.25, 0.3) is 6.08 Å². The van der Waals surface area contributed by atoms with E-state index in [1.807, 2.05) is 0 Å². The molecule has 0 saturated carbocycles. The predicted octanol–water partition coefficient (Wildman–Crippen LogP) is 5.32. The van der Waals surface area contributed by atoms with Gasteiger partial charge in [0, 0.05) is 28.8 Å². The molecule has 1 amide bonds. The van der Waals surface area contributed by atoms with E-state index in [1.165, 1.54) is 27.4 Å². The average Bonchev–Trinajstić information content (AvgIpc) is 2.60. The topological polar surface area (TPSA) is 56.8 Å². The number of hydrogen-bond acceptors (Lipinski definition) is 4. The van der Waals surface area contributed by atoms with Gasteiger partial charge in [0.2, 0.25) is 5.91 Å². The first-order valence-corrected chi connectivity index (χ1v) is 8.46. The van der Waals surface area contributed by atoms with Crippen molar-refractivity contribution < 1.29 is 19.0 Å². The summed E-state index contributed by atoms with van der Waals surface area (Å²) in [7, 11) is 4.44. The van der Waals surface area contributed by atoms with Gasteiger partial charge in [-0.15, -0.1) is 0 Å². The van der Waals surface area contributed by atoms with Crippen LogP contribution >= 0.6 is 34.8 Å². The number of rotatable bonds is 6. The zero-order valence-corrected chi connectivity index (χ0v) is 16.5. The number of methoxy groups -OCH3 is 3. The SMILES string of the molecule is COc1cc(NC(=O)/C=C/c2cc(Cl)cc(Cl)c2OC)c(OC)cc1Cl. The lowest BCUT2D eigenvalue weighted by Crippen LogP contribution is -2.09.